The highest BCUT2D eigenvalue weighted by atomic mass is 32.1. The van der Waals surface area contributed by atoms with Crippen molar-refractivity contribution in [3.05, 3.63) is 86.3 Å². The third-order valence-electron chi connectivity index (χ3n) is 5.58. The number of carbonyl (C=O) groups excluding carboxylic acids is 2. The Morgan fingerprint density at radius 2 is 1.44 bits per heavy atom. The minimum Gasteiger partial charge on any atom is -0.300 e. The van der Waals surface area contributed by atoms with Gasteiger partial charge in [-0.25, -0.2) is 0 Å². The second-order valence-corrected chi connectivity index (χ2v) is 10.9. The summed E-state index contributed by atoms with van der Waals surface area (Å²) in [5.74, 6) is 0.103. The molecule has 0 atom stereocenters. The van der Waals surface area contributed by atoms with Crippen LogP contribution in [-0.4, -0.2) is 32.1 Å². The number of ketones is 1. The first-order chi connectivity index (χ1) is 17.5. The summed E-state index contributed by atoms with van der Waals surface area (Å²) in [5.41, 5.74) is 3.37. The molecule has 0 aliphatic heterocycles. The average molecular weight is 520 g/mol. The fourth-order valence-electron chi connectivity index (χ4n) is 3.77. The number of Topliss-reactive ketones (excluding diaryl/α,β-unsaturated/α-hetero) is 1. The Bertz CT molecular complexity index is 1290. The molecule has 2 heterocycles. The van der Waals surface area contributed by atoms with Crippen LogP contribution in [-0.2, 0) is 41.7 Å². The molecule has 36 heavy (non-hydrogen) atoms. The van der Waals surface area contributed by atoms with Crippen molar-refractivity contribution in [2.45, 2.75) is 58.3 Å². The van der Waals surface area contributed by atoms with E-state index in [1.165, 1.54) is 33.8 Å². The molecular formula is C27H29N5O2S2. The van der Waals surface area contributed by atoms with Gasteiger partial charge < -0.3 is 5.32 Å². The van der Waals surface area contributed by atoms with Gasteiger partial charge in [-0.2, -0.15) is 0 Å². The molecule has 2 aromatic carbocycles. The van der Waals surface area contributed by atoms with Crippen LogP contribution < -0.4 is 5.32 Å². The maximum atomic E-state index is 12.4. The molecule has 0 saturated heterocycles. The van der Waals surface area contributed by atoms with Gasteiger partial charge >= 0.3 is 0 Å². The highest BCUT2D eigenvalue weighted by Crippen LogP contribution is 2.19. The summed E-state index contributed by atoms with van der Waals surface area (Å²) in [6.07, 6.45) is 5.47. The lowest BCUT2D eigenvalue weighted by molar-refractivity contribution is -0.118. The molecule has 0 bridgehead atoms. The van der Waals surface area contributed by atoms with Crippen molar-refractivity contribution >= 4 is 39.5 Å². The number of unbranched alkanes of at least 4 members (excludes halogenated alkanes) is 1. The average Bonchev–Trinajstić information content (AvgIpc) is 3.50. The number of aryl methyl sites for hydroxylation is 4. The topological polar surface area (TPSA) is 97.7 Å². The zero-order chi connectivity index (χ0) is 25.2. The molecule has 0 unspecified atom stereocenters. The van der Waals surface area contributed by atoms with E-state index in [0.29, 0.717) is 24.4 Å². The second-order valence-electron chi connectivity index (χ2n) is 8.71. The highest BCUT2D eigenvalue weighted by Gasteiger charge is 2.11. The first kappa shape index (κ1) is 25.8. The van der Waals surface area contributed by atoms with Gasteiger partial charge in [0.05, 0.1) is 12.8 Å². The van der Waals surface area contributed by atoms with Crippen LogP contribution in [0.15, 0.2) is 54.6 Å². The molecule has 1 amide bonds. The Balaban J connectivity index is 1.13. The van der Waals surface area contributed by atoms with E-state index in [1.54, 1.807) is 0 Å². The number of anilines is 1. The Hall–Kier alpha value is -3.30. The minimum atomic E-state index is -0.0929. The number of aromatic nitrogens is 4. The van der Waals surface area contributed by atoms with Gasteiger partial charge in [-0.05, 0) is 37.3 Å². The smallest absolute Gasteiger partial charge is 0.230 e. The number of nitrogens with zero attached hydrogens (tertiary/aromatic N) is 4. The monoisotopic (exact) mass is 519 g/mol. The van der Waals surface area contributed by atoms with Crippen molar-refractivity contribution in [2.24, 2.45) is 0 Å². The van der Waals surface area contributed by atoms with Gasteiger partial charge in [0, 0.05) is 19.3 Å². The SMILES string of the molecule is Cc1cccc(CCC(=O)Cc2nnc(CCCCc3nnc(NC(=O)Cc4ccccc4)s3)s2)c1. The van der Waals surface area contributed by atoms with Crippen LogP contribution in [0.25, 0.3) is 0 Å². The largest absolute Gasteiger partial charge is 0.300 e. The van der Waals surface area contributed by atoms with E-state index in [4.69, 9.17) is 0 Å². The van der Waals surface area contributed by atoms with Crippen molar-refractivity contribution in [3.63, 3.8) is 0 Å². The first-order valence-corrected chi connectivity index (χ1v) is 13.7. The number of hydrogen-bond acceptors (Lipinski definition) is 8. The van der Waals surface area contributed by atoms with Crippen molar-refractivity contribution < 1.29 is 9.59 Å². The Kier molecular flexibility index (Phi) is 9.40. The number of rotatable bonds is 13. The summed E-state index contributed by atoms with van der Waals surface area (Å²) in [4.78, 5) is 24.5. The fourth-order valence-corrected chi connectivity index (χ4v) is 5.48. The van der Waals surface area contributed by atoms with Crippen LogP contribution in [0.2, 0.25) is 0 Å². The van der Waals surface area contributed by atoms with Gasteiger partial charge in [0.1, 0.15) is 20.8 Å². The molecule has 2 aromatic heterocycles. The molecule has 0 saturated carbocycles. The van der Waals surface area contributed by atoms with E-state index in [0.717, 1.165) is 52.7 Å². The van der Waals surface area contributed by atoms with Crippen molar-refractivity contribution in [3.8, 4) is 0 Å². The van der Waals surface area contributed by atoms with E-state index in [-0.39, 0.29) is 11.7 Å². The van der Waals surface area contributed by atoms with Crippen LogP contribution in [0.1, 0.15) is 51.0 Å². The van der Waals surface area contributed by atoms with Crippen molar-refractivity contribution in [1.82, 2.24) is 20.4 Å². The molecule has 1 N–H and O–H groups in total. The maximum absolute atomic E-state index is 12.4. The normalized spacial score (nSPS) is 10.9. The lowest BCUT2D eigenvalue weighted by Crippen LogP contribution is -2.14. The lowest BCUT2D eigenvalue weighted by atomic mass is 10.0. The standard InChI is InChI=1S/C27H29N5O2S2/c1-19-8-7-11-21(16-19)14-15-22(33)18-26-31-29-24(35-26)12-5-6-13-25-30-32-27(36-25)28-23(34)17-20-9-3-2-4-10-20/h2-4,7-11,16H,5-6,12-15,17-18H2,1H3,(H,28,32,34). The molecule has 0 spiro atoms. The molecule has 0 radical (unpaired) electrons. The van der Waals surface area contributed by atoms with E-state index < -0.39 is 0 Å². The fraction of sp³-hybridized carbons (Fsp3) is 0.333. The van der Waals surface area contributed by atoms with E-state index >= 15 is 0 Å². The molecule has 186 valence electrons. The number of amides is 1. The Morgan fingerprint density at radius 3 is 2.22 bits per heavy atom. The number of carbonyl (C=O) groups is 2. The van der Waals surface area contributed by atoms with Gasteiger partial charge in [-0.15, -0.1) is 31.7 Å². The zero-order valence-electron chi connectivity index (χ0n) is 20.3. The molecular weight excluding hydrogens is 490 g/mol. The van der Waals surface area contributed by atoms with E-state index in [2.05, 4.69) is 50.8 Å². The predicted molar refractivity (Wildman–Crippen MR) is 143 cm³/mol. The molecule has 0 fully saturated rings. The lowest BCUT2D eigenvalue weighted by Gasteiger charge is -2.01. The van der Waals surface area contributed by atoms with Gasteiger partial charge in [0.2, 0.25) is 11.0 Å². The van der Waals surface area contributed by atoms with Crippen LogP contribution in [0.5, 0.6) is 0 Å². The van der Waals surface area contributed by atoms with Crippen LogP contribution in [0, 0.1) is 6.92 Å². The number of benzene rings is 2. The molecule has 4 rings (SSSR count). The summed E-state index contributed by atoms with van der Waals surface area (Å²) < 4.78 is 0. The van der Waals surface area contributed by atoms with Gasteiger partial charge in [-0.3, -0.25) is 9.59 Å². The number of nitrogens with one attached hydrogen (secondary N) is 1. The summed E-state index contributed by atoms with van der Waals surface area (Å²) in [6, 6.07) is 17.9. The quantitative estimate of drug-likeness (QED) is 0.244. The van der Waals surface area contributed by atoms with Gasteiger partial charge in [0.15, 0.2) is 0 Å². The molecule has 9 heteroatoms. The first-order valence-electron chi connectivity index (χ1n) is 12.1. The van der Waals surface area contributed by atoms with Gasteiger partial charge in [0.25, 0.3) is 0 Å². The van der Waals surface area contributed by atoms with Crippen molar-refractivity contribution in [1.29, 1.82) is 0 Å². The van der Waals surface area contributed by atoms with Gasteiger partial charge in [-0.1, -0.05) is 71.5 Å². The van der Waals surface area contributed by atoms with Crippen LogP contribution >= 0.6 is 22.7 Å². The second kappa shape index (κ2) is 13.1. The molecule has 4 aromatic rings. The van der Waals surface area contributed by atoms with Crippen LogP contribution in [0.4, 0.5) is 5.13 Å². The van der Waals surface area contributed by atoms with Crippen molar-refractivity contribution in [2.75, 3.05) is 5.32 Å². The van der Waals surface area contributed by atoms with E-state index in [1.807, 2.05) is 36.4 Å². The third-order valence-corrected chi connectivity index (χ3v) is 7.47. The summed E-state index contributed by atoms with van der Waals surface area (Å²) in [6.45, 7) is 2.06. The third kappa shape index (κ3) is 8.42. The minimum absolute atomic E-state index is 0.0929. The maximum Gasteiger partial charge on any atom is 0.230 e. The molecule has 7 nitrogen and oxygen atoms in total. The summed E-state index contributed by atoms with van der Waals surface area (Å²) >= 11 is 2.94. The zero-order valence-corrected chi connectivity index (χ0v) is 21.9. The molecule has 0 aliphatic carbocycles. The Morgan fingerprint density at radius 1 is 0.750 bits per heavy atom. The van der Waals surface area contributed by atoms with E-state index in [9.17, 15) is 9.59 Å². The number of hydrogen-bond donors (Lipinski definition) is 1. The van der Waals surface area contributed by atoms with Crippen LogP contribution in [0.3, 0.4) is 0 Å². The highest BCUT2D eigenvalue weighted by molar-refractivity contribution is 7.15. The Labute approximate surface area is 219 Å². The summed E-state index contributed by atoms with van der Waals surface area (Å²) in [5, 5.41) is 22.8. The predicted octanol–water partition coefficient (Wildman–Crippen LogP) is 5.19. The summed E-state index contributed by atoms with van der Waals surface area (Å²) in [7, 11) is 0. The molecule has 0 aliphatic rings.